The predicted octanol–water partition coefficient (Wildman–Crippen LogP) is 5.23. The molecule has 47 heavy (non-hydrogen) atoms. The molecule has 10 nitrogen and oxygen atoms in total. The van der Waals surface area contributed by atoms with E-state index < -0.39 is 41.9 Å². The molecule has 1 aliphatic carbocycles. The van der Waals surface area contributed by atoms with Gasteiger partial charge in [-0.3, -0.25) is 9.59 Å². The van der Waals surface area contributed by atoms with Gasteiger partial charge in [0.25, 0.3) is 0 Å². The van der Waals surface area contributed by atoms with Gasteiger partial charge in [0.2, 0.25) is 11.8 Å². The number of nitrogens with zero attached hydrogens (tertiary/aromatic N) is 1. The van der Waals surface area contributed by atoms with Gasteiger partial charge in [0, 0.05) is 48.7 Å². The molecular formula is C32H33F5N2O8. The van der Waals surface area contributed by atoms with Crippen LogP contribution in [0.5, 0.6) is 28.7 Å². The van der Waals surface area contributed by atoms with Crippen LogP contribution in [-0.2, 0) is 19.7 Å². The van der Waals surface area contributed by atoms with Gasteiger partial charge in [-0.2, -0.15) is 0 Å². The molecule has 2 aromatic rings. The summed E-state index contributed by atoms with van der Waals surface area (Å²) in [4.78, 5) is 28.9. The second-order valence-electron chi connectivity index (χ2n) is 12.8. The molecule has 0 bridgehead atoms. The number of alkyl halides is 5. The number of ether oxygens (including phenoxy) is 6. The second-order valence-corrected chi connectivity index (χ2v) is 12.8. The fraction of sp³-hybridized carbons (Fsp3) is 0.562. The van der Waals surface area contributed by atoms with E-state index >= 15 is 0 Å². The standard InChI is InChI=1S/C32H33F5N2O8/c1-30(16-43-25-15-27-26(13-21(25)30)46-32(36,37)47-27)29(41)38-22-14-23(44-24-12-19(6-7-20(22)24)45-31(33,34)35)17-2-4-18(5-3-17)28(40)39-8-10-42-11-9-39/h6-7,12-13,15,17-18,22-23H,2-5,8-11,14,16H2,1H3,(H,38,41)/t17?,18?,22-,23-,30+/m1/s1. The van der Waals surface area contributed by atoms with Crippen molar-refractivity contribution in [1.82, 2.24) is 10.2 Å². The van der Waals surface area contributed by atoms with Crippen LogP contribution in [-0.4, -0.2) is 68.4 Å². The van der Waals surface area contributed by atoms with Crippen molar-refractivity contribution >= 4 is 11.8 Å². The summed E-state index contributed by atoms with van der Waals surface area (Å²) in [7, 11) is 0. The summed E-state index contributed by atoms with van der Waals surface area (Å²) in [5.41, 5.74) is -0.513. The number of carbonyl (C=O) groups is 2. The number of fused-ring (bicyclic) bond motifs is 3. The SMILES string of the molecule is C[C@]1(C(=O)N[C@@H]2C[C@H](C3CCC(C(=O)N4CCOCC4)CC3)Oc3cc(OC(F)(F)F)ccc32)COc2cc3c(cc21)OC(F)(F)O3. The van der Waals surface area contributed by atoms with E-state index in [0.717, 1.165) is 12.1 Å². The highest BCUT2D eigenvalue weighted by Crippen LogP contribution is 2.50. The molecule has 2 aromatic carbocycles. The molecule has 1 saturated heterocycles. The molecule has 4 heterocycles. The van der Waals surface area contributed by atoms with E-state index in [-0.39, 0.29) is 47.3 Å². The summed E-state index contributed by atoms with van der Waals surface area (Å²) in [5.74, 6) is -1.05. The Kier molecular flexibility index (Phi) is 7.79. The highest BCUT2D eigenvalue weighted by Gasteiger charge is 2.50. The third-order valence-electron chi connectivity index (χ3n) is 9.73. The first kappa shape index (κ1) is 31.6. The van der Waals surface area contributed by atoms with E-state index in [2.05, 4.69) is 19.5 Å². The Balaban J connectivity index is 1.10. The van der Waals surface area contributed by atoms with Crippen molar-refractivity contribution in [2.24, 2.45) is 11.8 Å². The first-order chi connectivity index (χ1) is 22.3. The second kappa shape index (κ2) is 11.6. The summed E-state index contributed by atoms with van der Waals surface area (Å²) in [6, 6.07) is 5.65. The van der Waals surface area contributed by atoms with Crippen molar-refractivity contribution in [2.45, 2.75) is 69.2 Å². The molecular weight excluding hydrogens is 635 g/mol. The van der Waals surface area contributed by atoms with E-state index in [1.807, 2.05) is 4.90 Å². The highest BCUT2D eigenvalue weighted by atomic mass is 19.4. The van der Waals surface area contributed by atoms with Crippen LogP contribution in [0.15, 0.2) is 30.3 Å². The summed E-state index contributed by atoms with van der Waals surface area (Å²) >= 11 is 0. The van der Waals surface area contributed by atoms with E-state index in [0.29, 0.717) is 69.5 Å². The molecule has 0 unspecified atom stereocenters. The molecule has 1 N–H and O–H groups in total. The number of morpholine rings is 1. The third-order valence-corrected chi connectivity index (χ3v) is 9.73. The Bertz CT molecular complexity index is 1560. The molecule has 2 fully saturated rings. The maximum absolute atomic E-state index is 14.0. The van der Waals surface area contributed by atoms with Gasteiger partial charge in [-0.05, 0) is 56.7 Å². The van der Waals surface area contributed by atoms with Crippen molar-refractivity contribution in [3.8, 4) is 28.7 Å². The average Bonchev–Trinajstić information content (AvgIpc) is 3.53. The van der Waals surface area contributed by atoms with Crippen molar-refractivity contribution < 1.29 is 60.0 Å². The molecule has 2 amide bonds. The first-order valence-electron chi connectivity index (χ1n) is 15.6. The number of benzene rings is 2. The van der Waals surface area contributed by atoms with Crippen molar-refractivity contribution in [1.29, 1.82) is 0 Å². The lowest BCUT2D eigenvalue weighted by atomic mass is 9.76. The Labute approximate surface area is 266 Å². The molecule has 5 aliphatic rings. The summed E-state index contributed by atoms with van der Waals surface area (Å²) in [5, 5.41) is 3.03. The van der Waals surface area contributed by atoms with Crippen LogP contribution in [0.3, 0.4) is 0 Å². The largest absolute Gasteiger partial charge is 0.586 e. The molecule has 3 atom stereocenters. The van der Waals surface area contributed by atoms with Gasteiger partial charge in [0.1, 0.15) is 35.4 Å². The fourth-order valence-corrected chi connectivity index (χ4v) is 7.21. The van der Waals surface area contributed by atoms with E-state index in [1.165, 1.54) is 18.2 Å². The molecule has 7 rings (SSSR count). The van der Waals surface area contributed by atoms with E-state index in [9.17, 15) is 31.5 Å². The lowest BCUT2D eigenvalue weighted by Gasteiger charge is -2.40. The summed E-state index contributed by atoms with van der Waals surface area (Å²) in [6.45, 7) is 3.68. The number of carbonyl (C=O) groups excluding carboxylic acids is 2. The Hall–Kier alpha value is -4.01. The van der Waals surface area contributed by atoms with Crippen molar-refractivity contribution in [2.75, 3.05) is 32.9 Å². The smallest absolute Gasteiger partial charge is 0.492 e. The van der Waals surface area contributed by atoms with Crippen LogP contribution in [0.1, 0.15) is 56.2 Å². The van der Waals surface area contributed by atoms with Gasteiger partial charge in [-0.15, -0.1) is 22.0 Å². The highest BCUT2D eigenvalue weighted by molar-refractivity contribution is 5.90. The van der Waals surface area contributed by atoms with Crippen molar-refractivity contribution in [3.05, 3.63) is 41.5 Å². The Morgan fingerprint density at radius 2 is 1.66 bits per heavy atom. The lowest BCUT2D eigenvalue weighted by molar-refractivity contribution is -0.286. The fourth-order valence-electron chi connectivity index (χ4n) is 7.21. The molecule has 254 valence electrons. The van der Waals surface area contributed by atoms with Gasteiger partial charge < -0.3 is 38.6 Å². The van der Waals surface area contributed by atoms with Crippen LogP contribution >= 0.6 is 0 Å². The van der Waals surface area contributed by atoms with Crippen LogP contribution < -0.4 is 29.0 Å². The van der Waals surface area contributed by atoms with E-state index in [1.54, 1.807) is 6.92 Å². The molecule has 0 aromatic heterocycles. The number of halogens is 5. The zero-order chi connectivity index (χ0) is 33.1. The molecule has 4 aliphatic heterocycles. The van der Waals surface area contributed by atoms with Gasteiger partial charge in [-0.1, -0.05) is 0 Å². The maximum Gasteiger partial charge on any atom is 0.586 e. The lowest BCUT2D eigenvalue weighted by Crippen LogP contribution is -2.48. The first-order valence-corrected chi connectivity index (χ1v) is 15.6. The number of nitrogens with one attached hydrogen (secondary N) is 1. The predicted molar refractivity (Wildman–Crippen MR) is 151 cm³/mol. The van der Waals surface area contributed by atoms with Gasteiger partial charge in [0.15, 0.2) is 11.5 Å². The van der Waals surface area contributed by atoms with Crippen LogP contribution in [0.25, 0.3) is 0 Å². The quantitative estimate of drug-likeness (QED) is 0.433. The molecule has 0 radical (unpaired) electrons. The summed E-state index contributed by atoms with van der Waals surface area (Å²) in [6.07, 6.45) is -6.29. The molecule has 1 saturated carbocycles. The Morgan fingerprint density at radius 3 is 2.36 bits per heavy atom. The third kappa shape index (κ3) is 6.21. The number of rotatable bonds is 5. The molecule has 15 heteroatoms. The maximum atomic E-state index is 14.0. The zero-order valence-electron chi connectivity index (χ0n) is 25.4. The number of hydrogen-bond donors (Lipinski definition) is 1. The zero-order valence-corrected chi connectivity index (χ0v) is 25.4. The average molecular weight is 669 g/mol. The summed E-state index contributed by atoms with van der Waals surface area (Å²) < 4.78 is 97.2. The van der Waals surface area contributed by atoms with Gasteiger partial charge >= 0.3 is 12.7 Å². The van der Waals surface area contributed by atoms with Gasteiger partial charge in [0.05, 0.1) is 19.3 Å². The minimum atomic E-state index is -4.91. The van der Waals surface area contributed by atoms with Gasteiger partial charge in [-0.25, -0.2) is 0 Å². The topological polar surface area (TPSA) is 105 Å². The number of hydrogen-bond acceptors (Lipinski definition) is 8. The van der Waals surface area contributed by atoms with Crippen LogP contribution in [0.4, 0.5) is 22.0 Å². The van der Waals surface area contributed by atoms with Crippen LogP contribution in [0, 0.1) is 11.8 Å². The minimum Gasteiger partial charge on any atom is -0.492 e. The monoisotopic (exact) mass is 668 g/mol. The molecule has 0 spiro atoms. The van der Waals surface area contributed by atoms with Crippen LogP contribution in [0.2, 0.25) is 0 Å². The minimum absolute atomic E-state index is 0.0176. The number of amides is 2. The van der Waals surface area contributed by atoms with E-state index in [4.69, 9.17) is 14.2 Å². The normalized spacial score (nSPS) is 29.2. The van der Waals surface area contributed by atoms with Crippen molar-refractivity contribution in [3.63, 3.8) is 0 Å². The Morgan fingerprint density at radius 1 is 0.957 bits per heavy atom.